The SMILES string of the molecule is NCCC[C@@H](N)c1ccc(Oc2ccccc2)cc1. The second-order valence-electron chi connectivity index (χ2n) is 4.52. The molecule has 0 aliphatic heterocycles. The Hall–Kier alpha value is -1.84. The Bertz CT molecular complexity index is 482. The number of rotatable bonds is 6. The average Bonchev–Trinajstić information content (AvgIpc) is 2.46. The minimum atomic E-state index is 0.0503. The third-order valence-electron chi connectivity index (χ3n) is 3.01. The van der Waals surface area contributed by atoms with Crippen LogP contribution >= 0.6 is 0 Å². The van der Waals surface area contributed by atoms with Crippen molar-refractivity contribution in [2.75, 3.05) is 6.54 Å². The Morgan fingerprint density at radius 1 is 0.895 bits per heavy atom. The molecule has 0 saturated carbocycles. The molecule has 0 aliphatic carbocycles. The molecule has 0 unspecified atom stereocenters. The summed E-state index contributed by atoms with van der Waals surface area (Å²) in [4.78, 5) is 0. The first-order valence-electron chi connectivity index (χ1n) is 6.58. The molecule has 0 fully saturated rings. The fraction of sp³-hybridized carbons (Fsp3) is 0.250. The minimum Gasteiger partial charge on any atom is -0.457 e. The summed E-state index contributed by atoms with van der Waals surface area (Å²) in [7, 11) is 0. The molecule has 0 aromatic heterocycles. The van der Waals surface area contributed by atoms with Crippen LogP contribution in [0.1, 0.15) is 24.4 Å². The van der Waals surface area contributed by atoms with E-state index >= 15 is 0 Å². The maximum Gasteiger partial charge on any atom is 0.127 e. The lowest BCUT2D eigenvalue weighted by molar-refractivity contribution is 0.482. The van der Waals surface area contributed by atoms with Gasteiger partial charge in [-0.25, -0.2) is 0 Å². The molecule has 1 atom stereocenters. The van der Waals surface area contributed by atoms with Gasteiger partial charge in [0.2, 0.25) is 0 Å². The maximum absolute atomic E-state index is 6.09. The van der Waals surface area contributed by atoms with Crippen LogP contribution in [-0.4, -0.2) is 6.54 Å². The van der Waals surface area contributed by atoms with Crippen molar-refractivity contribution in [1.29, 1.82) is 0 Å². The molecule has 0 spiro atoms. The van der Waals surface area contributed by atoms with Gasteiger partial charge in [0.05, 0.1) is 0 Å². The highest BCUT2D eigenvalue weighted by Crippen LogP contribution is 2.23. The molecule has 0 amide bonds. The van der Waals surface area contributed by atoms with Crippen LogP contribution in [0.3, 0.4) is 0 Å². The van der Waals surface area contributed by atoms with Crippen molar-refractivity contribution in [2.24, 2.45) is 11.5 Å². The second kappa shape index (κ2) is 6.92. The van der Waals surface area contributed by atoms with Crippen molar-refractivity contribution in [3.8, 4) is 11.5 Å². The highest BCUT2D eigenvalue weighted by molar-refractivity contribution is 5.33. The Balaban J connectivity index is 1.98. The third-order valence-corrected chi connectivity index (χ3v) is 3.01. The van der Waals surface area contributed by atoms with Gasteiger partial charge in [-0.2, -0.15) is 0 Å². The smallest absolute Gasteiger partial charge is 0.127 e. The summed E-state index contributed by atoms with van der Waals surface area (Å²) in [6, 6.07) is 17.7. The molecule has 100 valence electrons. The van der Waals surface area contributed by atoms with Gasteiger partial charge < -0.3 is 16.2 Å². The first-order chi connectivity index (χ1) is 9.29. The van der Waals surface area contributed by atoms with E-state index in [1.54, 1.807) is 0 Å². The predicted molar refractivity (Wildman–Crippen MR) is 78.2 cm³/mol. The van der Waals surface area contributed by atoms with Crippen molar-refractivity contribution < 1.29 is 4.74 Å². The summed E-state index contributed by atoms with van der Waals surface area (Å²) < 4.78 is 5.73. The van der Waals surface area contributed by atoms with Gasteiger partial charge in [-0.1, -0.05) is 30.3 Å². The zero-order valence-corrected chi connectivity index (χ0v) is 11.0. The topological polar surface area (TPSA) is 61.3 Å². The molecule has 3 nitrogen and oxygen atoms in total. The van der Waals surface area contributed by atoms with E-state index in [0.717, 1.165) is 29.9 Å². The number of ether oxygens (including phenoxy) is 1. The van der Waals surface area contributed by atoms with Gasteiger partial charge in [-0.3, -0.25) is 0 Å². The van der Waals surface area contributed by atoms with Gasteiger partial charge in [-0.05, 0) is 49.2 Å². The van der Waals surface area contributed by atoms with Crippen LogP contribution in [0.5, 0.6) is 11.5 Å². The maximum atomic E-state index is 6.09. The molecule has 3 heteroatoms. The Labute approximate surface area is 114 Å². The fourth-order valence-corrected chi connectivity index (χ4v) is 1.91. The van der Waals surface area contributed by atoms with E-state index in [1.807, 2.05) is 54.6 Å². The highest BCUT2D eigenvalue weighted by Gasteiger charge is 2.05. The lowest BCUT2D eigenvalue weighted by atomic mass is 10.0. The molecule has 19 heavy (non-hydrogen) atoms. The molecule has 2 rings (SSSR count). The molecular formula is C16H20N2O. The van der Waals surface area contributed by atoms with Crippen LogP contribution in [0.2, 0.25) is 0 Å². The summed E-state index contributed by atoms with van der Waals surface area (Å²) in [5.74, 6) is 1.66. The van der Waals surface area contributed by atoms with Gasteiger partial charge in [-0.15, -0.1) is 0 Å². The predicted octanol–water partition coefficient (Wildman–Crippen LogP) is 3.22. The highest BCUT2D eigenvalue weighted by atomic mass is 16.5. The second-order valence-corrected chi connectivity index (χ2v) is 4.52. The van der Waals surface area contributed by atoms with E-state index in [-0.39, 0.29) is 6.04 Å². The van der Waals surface area contributed by atoms with E-state index < -0.39 is 0 Å². The summed E-state index contributed by atoms with van der Waals surface area (Å²) in [6.45, 7) is 0.683. The third kappa shape index (κ3) is 4.09. The summed E-state index contributed by atoms with van der Waals surface area (Å²) >= 11 is 0. The normalized spacial score (nSPS) is 12.1. The van der Waals surface area contributed by atoms with Crippen LogP contribution in [-0.2, 0) is 0 Å². The van der Waals surface area contributed by atoms with Crippen LogP contribution in [0.25, 0.3) is 0 Å². The molecule has 0 saturated heterocycles. The van der Waals surface area contributed by atoms with Gasteiger partial charge in [0.15, 0.2) is 0 Å². The summed E-state index contributed by atoms with van der Waals surface area (Å²) in [5, 5.41) is 0. The van der Waals surface area contributed by atoms with Crippen LogP contribution < -0.4 is 16.2 Å². The molecule has 2 aromatic rings. The van der Waals surface area contributed by atoms with Crippen molar-refractivity contribution in [2.45, 2.75) is 18.9 Å². The fourth-order valence-electron chi connectivity index (χ4n) is 1.91. The number of nitrogens with two attached hydrogens (primary N) is 2. The van der Waals surface area contributed by atoms with Gasteiger partial charge >= 0.3 is 0 Å². The molecule has 2 aromatic carbocycles. The molecule has 0 radical (unpaired) electrons. The van der Waals surface area contributed by atoms with Crippen molar-refractivity contribution in [3.05, 3.63) is 60.2 Å². The largest absolute Gasteiger partial charge is 0.457 e. The van der Waals surface area contributed by atoms with Gasteiger partial charge in [0.1, 0.15) is 11.5 Å². The lowest BCUT2D eigenvalue weighted by Crippen LogP contribution is -2.12. The molecule has 0 aliphatic rings. The van der Waals surface area contributed by atoms with E-state index in [9.17, 15) is 0 Å². The summed E-state index contributed by atoms with van der Waals surface area (Å²) in [6.07, 6.45) is 1.86. The molecule has 4 N–H and O–H groups in total. The number of hydrogen-bond donors (Lipinski definition) is 2. The quantitative estimate of drug-likeness (QED) is 0.834. The van der Waals surface area contributed by atoms with Crippen LogP contribution in [0, 0.1) is 0 Å². The number of para-hydroxylation sites is 1. The first-order valence-corrected chi connectivity index (χ1v) is 6.58. The average molecular weight is 256 g/mol. The van der Waals surface area contributed by atoms with Gasteiger partial charge in [0, 0.05) is 6.04 Å². The Morgan fingerprint density at radius 2 is 1.53 bits per heavy atom. The van der Waals surface area contributed by atoms with E-state index in [2.05, 4.69) is 0 Å². The molecule has 0 bridgehead atoms. The number of benzene rings is 2. The number of hydrogen-bond acceptors (Lipinski definition) is 3. The standard InChI is InChI=1S/C16H20N2O/c17-12-4-7-16(18)13-8-10-15(11-9-13)19-14-5-2-1-3-6-14/h1-3,5-6,8-11,16H,4,7,12,17-18H2/t16-/m1/s1. The van der Waals surface area contributed by atoms with Crippen molar-refractivity contribution >= 4 is 0 Å². The summed E-state index contributed by atoms with van der Waals surface area (Å²) in [5.41, 5.74) is 12.7. The first kappa shape index (κ1) is 13.6. The Kier molecular flexibility index (Phi) is 4.95. The van der Waals surface area contributed by atoms with Crippen LogP contribution in [0.4, 0.5) is 0 Å². The lowest BCUT2D eigenvalue weighted by Gasteiger charge is -2.12. The zero-order chi connectivity index (χ0) is 13.5. The minimum absolute atomic E-state index is 0.0503. The van der Waals surface area contributed by atoms with E-state index in [0.29, 0.717) is 6.54 Å². The molecular weight excluding hydrogens is 236 g/mol. The molecule has 0 heterocycles. The van der Waals surface area contributed by atoms with Gasteiger partial charge in [0.25, 0.3) is 0 Å². The Morgan fingerprint density at radius 3 is 2.16 bits per heavy atom. The monoisotopic (exact) mass is 256 g/mol. The zero-order valence-electron chi connectivity index (χ0n) is 11.0. The van der Waals surface area contributed by atoms with E-state index in [1.165, 1.54) is 0 Å². The van der Waals surface area contributed by atoms with Crippen molar-refractivity contribution in [1.82, 2.24) is 0 Å². The van der Waals surface area contributed by atoms with E-state index in [4.69, 9.17) is 16.2 Å². The van der Waals surface area contributed by atoms with Crippen LogP contribution in [0.15, 0.2) is 54.6 Å². The van der Waals surface area contributed by atoms with Crippen molar-refractivity contribution in [3.63, 3.8) is 0 Å².